The predicted octanol–water partition coefficient (Wildman–Crippen LogP) is 2.91. The van der Waals surface area contributed by atoms with E-state index in [9.17, 15) is 0 Å². The molecule has 0 radical (unpaired) electrons. The quantitative estimate of drug-likeness (QED) is 0.481. The molecule has 1 fully saturated rings. The normalized spacial score (nSPS) is 21.7. The Labute approximate surface area is 112 Å². The molecule has 0 aromatic carbocycles. The van der Waals surface area contributed by atoms with Crippen molar-refractivity contribution in [2.75, 3.05) is 26.4 Å². The second-order valence-electron chi connectivity index (χ2n) is 4.97. The summed E-state index contributed by atoms with van der Waals surface area (Å²) < 4.78 is 11.3. The molecule has 18 heavy (non-hydrogen) atoms. The van der Waals surface area contributed by atoms with Crippen LogP contribution >= 0.6 is 0 Å². The summed E-state index contributed by atoms with van der Waals surface area (Å²) in [6.07, 6.45) is 9.53. The smallest absolute Gasteiger partial charge is 0.0962 e. The van der Waals surface area contributed by atoms with Crippen molar-refractivity contribution in [2.24, 2.45) is 0 Å². The summed E-state index contributed by atoms with van der Waals surface area (Å²) in [5.41, 5.74) is 0. The van der Waals surface area contributed by atoms with Crippen LogP contribution in [0.4, 0.5) is 0 Å². The molecule has 1 aliphatic rings. The van der Waals surface area contributed by atoms with Crippen LogP contribution in [0.15, 0.2) is 12.7 Å². The maximum Gasteiger partial charge on any atom is 0.0962 e. The number of rotatable bonds is 10. The Morgan fingerprint density at radius 2 is 2.22 bits per heavy atom. The molecule has 1 heterocycles. The minimum Gasteiger partial charge on any atom is -0.376 e. The molecule has 3 heteroatoms. The first-order valence-corrected chi connectivity index (χ1v) is 7.42. The van der Waals surface area contributed by atoms with Crippen LogP contribution in [0.5, 0.6) is 0 Å². The van der Waals surface area contributed by atoms with Gasteiger partial charge >= 0.3 is 0 Å². The van der Waals surface area contributed by atoms with E-state index in [2.05, 4.69) is 18.8 Å². The highest BCUT2D eigenvalue weighted by molar-refractivity contribution is 4.79. The molecule has 0 amide bonds. The maximum atomic E-state index is 5.81. The summed E-state index contributed by atoms with van der Waals surface area (Å²) in [6, 6.07) is 0.453. The average molecular weight is 255 g/mol. The molecule has 0 aliphatic carbocycles. The Kier molecular flexibility index (Phi) is 9.17. The van der Waals surface area contributed by atoms with E-state index in [1.54, 1.807) is 0 Å². The van der Waals surface area contributed by atoms with Gasteiger partial charge in [0, 0.05) is 6.04 Å². The molecule has 0 aromatic rings. The van der Waals surface area contributed by atoms with Crippen molar-refractivity contribution in [3.63, 3.8) is 0 Å². The predicted molar refractivity (Wildman–Crippen MR) is 75.9 cm³/mol. The number of hydrogen-bond acceptors (Lipinski definition) is 3. The second-order valence-corrected chi connectivity index (χ2v) is 4.97. The molecule has 1 rings (SSSR count). The van der Waals surface area contributed by atoms with E-state index in [1.165, 1.54) is 32.1 Å². The highest BCUT2D eigenvalue weighted by Crippen LogP contribution is 2.13. The van der Waals surface area contributed by atoms with Crippen molar-refractivity contribution < 1.29 is 9.47 Å². The Morgan fingerprint density at radius 3 is 2.89 bits per heavy atom. The van der Waals surface area contributed by atoms with Crippen molar-refractivity contribution in [3.8, 4) is 0 Å². The standard InChI is InChI=1S/C15H29NO2/c1-3-5-6-7-8-9-14(16-10-4-2)15-13-17-11-12-18-15/h3,14-16H,1,4-13H2,2H3. The fourth-order valence-electron chi connectivity index (χ4n) is 2.32. The monoisotopic (exact) mass is 255 g/mol. The summed E-state index contributed by atoms with van der Waals surface area (Å²) in [5.74, 6) is 0. The van der Waals surface area contributed by atoms with E-state index in [0.717, 1.165) is 32.8 Å². The largest absolute Gasteiger partial charge is 0.376 e. The highest BCUT2D eigenvalue weighted by atomic mass is 16.6. The average Bonchev–Trinajstić information content (AvgIpc) is 2.43. The number of allylic oxidation sites excluding steroid dienone is 1. The van der Waals surface area contributed by atoms with Gasteiger partial charge in [-0.2, -0.15) is 0 Å². The molecule has 3 nitrogen and oxygen atoms in total. The molecule has 0 aromatic heterocycles. The summed E-state index contributed by atoms with van der Waals surface area (Å²) in [5, 5.41) is 3.60. The molecule has 2 unspecified atom stereocenters. The Hall–Kier alpha value is -0.380. The molecule has 0 bridgehead atoms. The number of hydrogen-bond donors (Lipinski definition) is 1. The van der Waals surface area contributed by atoms with Crippen LogP contribution in [0.1, 0.15) is 45.4 Å². The van der Waals surface area contributed by atoms with Crippen LogP contribution < -0.4 is 5.32 Å². The van der Waals surface area contributed by atoms with Crippen LogP contribution in [0.2, 0.25) is 0 Å². The fraction of sp³-hybridized carbons (Fsp3) is 0.867. The molecule has 0 spiro atoms. The van der Waals surface area contributed by atoms with Gasteiger partial charge in [0.25, 0.3) is 0 Å². The summed E-state index contributed by atoms with van der Waals surface area (Å²) >= 11 is 0. The van der Waals surface area contributed by atoms with Gasteiger partial charge in [-0.3, -0.25) is 0 Å². The van der Waals surface area contributed by atoms with Crippen molar-refractivity contribution in [3.05, 3.63) is 12.7 Å². The first-order chi connectivity index (χ1) is 8.88. The summed E-state index contributed by atoms with van der Waals surface area (Å²) in [6.45, 7) is 9.26. The first-order valence-electron chi connectivity index (χ1n) is 7.42. The zero-order valence-corrected chi connectivity index (χ0v) is 11.8. The molecular formula is C15H29NO2. The van der Waals surface area contributed by atoms with Gasteiger partial charge in [0.05, 0.1) is 25.9 Å². The third-order valence-corrected chi connectivity index (χ3v) is 3.37. The zero-order chi connectivity index (χ0) is 13.1. The van der Waals surface area contributed by atoms with E-state index >= 15 is 0 Å². The minimum atomic E-state index is 0.240. The van der Waals surface area contributed by atoms with Gasteiger partial charge in [-0.1, -0.05) is 25.8 Å². The van der Waals surface area contributed by atoms with E-state index < -0.39 is 0 Å². The number of nitrogens with one attached hydrogen (secondary N) is 1. The van der Waals surface area contributed by atoms with E-state index in [1.807, 2.05) is 6.08 Å². The highest BCUT2D eigenvalue weighted by Gasteiger charge is 2.23. The SMILES string of the molecule is C=CCCCCCC(NCCC)C1COCCO1. The lowest BCUT2D eigenvalue weighted by atomic mass is 10.0. The third-order valence-electron chi connectivity index (χ3n) is 3.37. The van der Waals surface area contributed by atoms with Gasteiger partial charge in [0.15, 0.2) is 0 Å². The van der Waals surface area contributed by atoms with Crippen LogP contribution in [0.3, 0.4) is 0 Å². The second kappa shape index (κ2) is 10.5. The zero-order valence-electron chi connectivity index (χ0n) is 11.8. The molecule has 106 valence electrons. The molecular weight excluding hydrogens is 226 g/mol. The molecule has 1 saturated heterocycles. The molecule has 2 atom stereocenters. The van der Waals surface area contributed by atoms with Crippen molar-refractivity contribution >= 4 is 0 Å². The van der Waals surface area contributed by atoms with Gasteiger partial charge in [0.2, 0.25) is 0 Å². The van der Waals surface area contributed by atoms with Gasteiger partial charge in [-0.15, -0.1) is 6.58 Å². The molecule has 1 N–H and O–H groups in total. The molecule has 1 aliphatic heterocycles. The van der Waals surface area contributed by atoms with E-state index in [4.69, 9.17) is 9.47 Å². The fourth-order valence-corrected chi connectivity index (χ4v) is 2.32. The Bertz CT molecular complexity index is 203. The molecule has 0 saturated carbocycles. The lowest BCUT2D eigenvalue weighted by Gasteiger charge is -2.31. The topological polar surface area (TPSA) is 30.5 Å². The van der Waals surface area contributed by atoms with Gasteiger partial charge in [0.1, 0.15) is 0 Å². The van der Waals surface area contributed by atoms with Crippen molar-refractivity contribution in [1.29, 1.82) is 0 Å². The Morgan fingerprint density at radius 1 is 1.33 bits per heavy atom. The van der Waals surface area contributed by atoms with Gasteiger partial charge in [-0.05, 0) is 32.2 Å². The van der Waals surface area contributed by atoms with Gasteiger partial charge < -0.3 is 14.8 Å². The lowest BCUT2D eigenvalue weighted by Crippen LogP contribution is -2.46. The van der Waals surface area contributed by atoms with E-state index in [-0.39, 0.29) is 6.10 Å². The first kappa shape index (κ1) is 15.7. The van der Waals surface area contributed by atoms with Gasteiger partial charge in [-0.25, -0.2) is 0 Å². The van der Waals surface area contributed by atoms with Crippen LogP contribution in [-0.4, -0.2) is 38.5 Å². The lowest BCUT2D eigenvalue weighted by molar-refractivity contribution is -0.102. The maximum absolute atomic E-state index is 5.81. The number of unbranched alkanes of at least 4 members (excludes halogenated alkanes) is 3. The van der Waals surface area contributed by atoms with Crippen LogP contribution in [0, 0.1) is 0 Å². The summed E-state index contributed by atoms with van der Waals surface area (Å²) in [4.78, 5) is 0. The third kappa shape index (κ3) is 6.53. The Balaban J connectivity index is 2.22. The van der Waals surface area contributed by atoms with Crippen molar-refractivity contribution in [2.45, 2.75) is 57.6 Å². The van der Waals surface area contributed by atoms with E-state index in [0.29, 0.717) is 6.04 Å². The van der Waals surface area contributed by atoms with Crippen LogP contribution in [0.25, 0.3) is 0 Å². The summed E-state index contributed by atoms with van der Waals surface area (Å²) in [7, 11) is 0. The minimum absolute atomic E-state index is 0.240. The van der Waals surface area contributed by atoms with Crippen LogP contribution in [-0.2, 0) is 9.47 Å². The number of ether oxygens (including phenoxy) is 2. The van der Waals surface area contributed by atoms with Crippen molar-refractivity contribution in [1.82, 2.24) is 5.32 Å².